The number of ether oxygens (including phenoxy) is 1. The first kappa shape index (κ1) is 15.6. The zero-order valence-electron chi connectivity index (χ0n) is 11.4. The van der Waals surface area contributed by atoms with E-state index < -0.39 is 24.5 Å². The Labute approximate surface area is 116 Å². The summed E-state index contributed by atoms with van der Waals surface area (Å²) in [5.74, 6) is -1.42. The van der Waals surface area contributed by atoms with E-state index in [0.717, 1.165) is 6.42 Å². The lowest BCUT2D eigenvalue weighted by atomic mass is 10.3. The van der Waals surface area contributed by atoms with Gasteiger partial charge in [0, 0.05) is 12.2 Å². The van der Waals surface area contributed by atoms with Crippen molar-refractivity contribution >= 4 is 17.9 Å². The van der Waals surface area contributed by atoms with E-state index in [0.29, 0.717) is 0 Å². The van der Waals surface area contributed by atoms with Crippen LogP contribution in [0.25, 0.3) is 0 Å². The van der Waals surface area contributed by atoms with Crippen LogP contribution in [-0.2, 0) is 9.53 Å². The van der Waals surface area contributed by atoms with Gasteiger partial charge in [0.2, 0.25) is 0 Å². The Bertz CT molecular complexity index is 476. The normalized spacial score (nSPS) is 11.3. The Balaban J connectivity index is 2.33. The van der Waals surface area contributed by atoms with Crippen LogP contribution in [0, 0.1) is 0 Å². The molecular formula is C13H17N3O4. The lowest BCUT2D eigenvalue weighted by Crippen LogP contribution is -2.44. The molecule has 108 valence electrons. The third-order valence-corrected chi connectivity index (χ3v) is 2.45. The Hall–Kier alpha value is -2.44. The number of rotatable bonds is 5. The van der Waals surface area contributed by atoms with E-state index in [1.807, 2.05) is 13.8 Å². The molecule has 0 aliphatic rings. The van der Waals surface area contributed by atoms with E-state index in [9.17, 15) is 14.4 Å². The van der Waals surface area contributed by atoms with E-state index in [1.165, 1.54) is 12.3 Å². The summed E-state index contributed by atoms with van der Waals surface area (Å²) in [6.07, 6.45) is 2.19. The van der Waals surface area contributed by atoms with Crippen LogP contribution in [0.15, 0.2) is 24.4 Å². The number of hydrogen-bond donors (Lipinski definition) is 2. The zero-order valence-corrected chi connectivity index (χ0v) is 11.4. The van der Waals surface area contributed by atoms with Gasteiger partial charge in [-0.2, -0.15) is 0 Å². The van der Waals surface area contributed by atoms with Crippen LogP contribution in [0.3, 0.4) is 0 Å². The second-order valence-corrected chi connectivity index (χ2v) is 4.12. The number of imide groups is 1. The van der Waals surface area contributed by atoms with Crippen molar-refractivity contribution in [2.24, 2.45) is 0 Å². The largest absolute Gasteiger partial charge is 0.451 e. The van der Waals surface area contributed by atoms with Crippen molar-refractivity contribution in [3.8, 4) is 0 Å². The molecule has 0 aliphatic heterocycles. The minimum atomic E-state index is -0.719. The maximum Gasteiger partial charge on any atom is 0.357 e. The Morgan fingerprint density at radius 1 is 1.35 bits per heavy atom. The monoisotopic (exact) mass is 279 g/mol. The van der Waals surface area contributed by atoms with Gasteiger partial charge in [0.15, 0.2) is 6.61 Å². The van der Waals surface area contributed by atoms with E-state index in [4.69, 9.17) is 4.74 Å². The van der Waals surface area contributed by atoms with Gasteiger partial charge in [-0.3, -0.25) is 10.1 Å². The van der Waals surface area contributed by atoms with E-state index in [2.05, 4.69) is 15.6 Å². The predicted octanol–water partition coefficient (Wildman–Crippen LogP) is 0.863. The SMILES string of the molecule is CC[C@H](C)NC(=O)NC(=O)COC(=O)c1ccccn1. The van der Waals surface area contributed by atoms with Crippen molar-refractivity contribution in [2.45, 2.75) is 26.3 Å². The third-order valence-electron chi connectivity index (χ3n) is 2.45. The van der Waals surface area contributed by atoms with Crippen LogP contribution in [0.5, 0.6) is 0 Å². The first-order valence-corrected chi connectivity index (χ1v) is 6.21. The molecule has 0 aliphatic carbocycles. The smallest absolute Gasteiger partial charge is 0.357 e. The van der Waals surface area contributed by atoms with Crippen LogP contribution < -0.4 is 10.6 Å². The molecule has 1 aromatic heterocycles. The summed E-state index contributed by atoms with van der Waals surface area (Å²) in [5, 5.41) is 4.62. The van der Waals surface area contributed by atoms with Gasteiger partial charge in [0.25, 0.3) is 5.91 Å². The average molecular weight is 279 g/mol. The average Bonchev–Trinajstić information content (AvgIpc) is 2.45. The van der Waals surface area contributed by atoms with Crippen LogP contribution >= 0.6 is 0 Å². The Kier molecular flexibility index (Phi) is 6.15. The van der Waals surface area contributed by atoms with Gasteiger partial charge in [-0.05, 0) is 25.5 Å². The number of esters is 1. The molecule has 0 spiro atoms. The summed E-state index contributed by atoms with van der Waals surface area (Å²) < 4.78 is 4.73. The van der Waals surface area contributed by atoms with Gasteiger partial charge < -0.3 is 10.1 Å². The predicted molar refractivity (Wildman–Crippen MR) is 70.9 cm³/mol. The number of hydrogen-bond acceptors (Lipinski definition) is 5. The molecule has 7 nitrogen and oxygen atoms in total. The molecule has 0 radical (unpaired) electrons. The van der Waals surface area contributed by atoms with Crippen molar-refractivity contribution in [1.29, 1.82) is 0 Å². The van der Waals surface area contributed by atoms with Crippen LogP contribution in [0.4, 0.5) is 4.79 Å². The molecule has 20 heavy (non-hydrogen) atoms. The van der Waals surface area contributed by atoms with Crippen molar-refractivity contribution in [2.75, 3.05) is 6.61 Å². The number of carbonyl (C=O) groups excluding carboxylic acids is 3. The quantitative estimate of drug-likeness (QED) is 0.779. The van der Waals surface area contributed by atoms with Gasteiger partial charge >= 0.3 is 12.0 Å². The molecule has 1 rings (SSSR count). The molecule has 0 unspecified atom stereocenters. The van der Waals surface area contributed by atoms with E-state index in [1.54, 1.807) is 12.1 Å². The number of amides is 3. The molecule has 1 atom stereocenters. The Morgan fingerprint density at radius 3 is 2.70 bits per heavy atom. The highest BCUT2D eigenvalue weighted by Crippen LogP contribution is 1.96. The van der Waals surface area contributed by atoms with Gasteiger partial charge in [0.1, 0.15) is 5.69 Å². The number of urea groups is 1. The summed E-state index contributed by atoms with van der Waals surface area (Å²) in [5.41, 5.74) is 0.101. The van der Waals surface area contributed by atoms with E-state index >= 15 is 0 Å². The molecule has 2 N–H and O–H groups in total. The van der Waals surface area contributed by atoms with Crippen molar-refractivity contribution < 1.29 is 19.1 Å². The fourth-order valence-electron chi connectivity index (χ4n) is 1.21. The van der Waals surface area contributed by atoms with Crippen LogP contribution in [0.2, 0.25) is 0 Å². The van der Waals surface area contributed by atoms with Gasteiger partial charge in [-0.15, -0.1) is 0 Å². The summed E-state index contributed by atoms with van der Waals surface area (Å²) >= 11 is 0. The molecule has 0 aromatic carbocycles. The number of aromatic nitrogens is 1. The highest BCUT2D eigenvalue weighted by molar-refractivity contribution is 5.96. The molecule has 0 saturated heterocycles. The van der Waals surface area contributed by atoms with Crippen LogP contribution in [-0.4, -0.2) is 35.5 Å². The molecule has 0 saturated carbocycles. The molecule has 0 fully saturated rings. The first-order chi connectivity index (χ1) is 9.52. The fraction of sp³-hybridized carbons (Fsp3) is 0.385. The maximum absolute atomic E-state index is 11.5. The first-order valence-electron chi connectivity index (χ1n) is 6.21. The third kappa shape index (κ3) is 5.47. The van der Waals surface area contributed by atoms with E-state index in [-0.39, 0.29) is 11.7 Å². The lowest BCUT2D eigenvalue weighted by Gasteiger charge is -2.11. The summed E-state index contributed by atoms with van der Waals surface area (Å²) in [4.78, 5) is 38.0. The Morgan fingerprint density at radius 2 is 2.10 bits per heavy atom. The number of carbonyl (C=O) groups is 3. The summed E-state index contributed by atoms with van der Waals surface area (Å²) in [6, 6.07) is 4.10. The highest BCUT2D eigenvalue weighted by atomic mass is 16.5. The second kappa shape index (κ2) is 7.88. The maximum atomic E-state index is 11.5. The molecule has 3 amide bonds. The van der Waals surface area contributed by atoms with Crippen molar-refractivity contribution in [3.05, 3.63) is 30.1 Å². The van der Waals surface area contributed by atoms with Crippen LogP contribution in [0.1, 0.15) is 30.8 Å². The molecule has 1 heterocycles. The number of nitrogens with one attached hydrogen (secondary N) is 2. The molecular weight excluding hydrogens is 262 g/mol. The highest BCUT2D eigenvalue weighted by Gasteiger charge is 2.13. The van der Waals surface area contributed by atoms with Gasteiger partial charge in [0.05, 0.1) is 0 Å². The minimum absolute atomic E-state index is 0.0427. The standard InChI is InChI=1S/C13H17N3O4/c1-3-9(2)15-13(19)16-11(17)8-20-12(18)10-6-4-5-7-14-10/h4-7,9H,3,8H2,1-2H3,(H2,15,16,17,19)/t9-/m0/s1. The summed E-state index contributed by atoms with van der Waals surface area (Å²) in [6.45, 7) is 3.18. The summed E-state index contributed by atoms with van der Waals surface area (Å²) in [7, 11) is 0. The van der Waals surface area contributed by atoms with Gasteiger partial charge in [-0.1, -0.05) is 13.0 Å². The van der Waals surface area contributed by atoms with Crippen molar-refractivity contribution in [3.63, 3.8) is 0 Å². The molecule has 0 bridgehead atoms. The molecule has 7 heteroatoms. The second-order valence-electron chi connectivity index (χ2n) is 4.12. The van der Waals surface area contributed by atoms with Gasteiger partial charge in [-0.25, -0.2) is 14.6 Å². The number of pyridine rings is 1. The van der Waals surface area contributed by atoms with Crippen molar-refractivity contribution in [1.82, 2.24) is 15.6 Å². The minimum Gasteiger partial charge on any atom is -0.451 e. The zero-order chi connectivity index (χ0) is 15.0. The topological polar surface area (TPSA) is 97.4 Å². The lowest BCUT2D eigenvalue weighted by molar-refractivity contribution is -0.123. The fourth-order valence-corrected chi connectivity index (χ4v) is 1.21. The number of nitrogens with zero attached hydrogens (tertiary/aromatic N) is 1. The molecule has 1 aromatic rings.